The summed E-state index contributed by atoms with van der Waals surface area (Å²) in [6.07, 6.45) is 0. The van der Waals surface area contributed by atoms with Crippen molar-refractivity contribution in [1.29, 1.82) is 0 Å². The number of hydrazine groups is 1. The van der Waals surface area contributed by atoms with Crippen molar-refractivity contribution < 1.29 is 0 Å². The van der Waals surface area contributed by atoms with Gasteiger partial charge in [-0.2, -0.15) is 11.3 Å². The van der Waals surface area contributed by atoms with E-state index in [1.807, 2.05) is 0 Å². The molecule has 0 saturated carbocycles. The van der Waals surface area contributed by atoms with Crippen LogP contribution in [-0.4, -0.2) is 0 Å². The van der Waals surface area contributed by atoms with Crippen LogP contribution in [0.2, 0.25) is 0 Å². The molecule has 20 heavy (non-hydrogen) atoms. The number of thiophene rings is 1. The molecule has 0 bridgehead atoms. The van der Waals surface area contributed by atoms with E-state index in [9.17, 15) is 0 Å². The Labute approximate surface area is 138 Å². The second-order valence-electron chi connectivity index (χ2n) is 4.53. The lowest BCUT2D eigenvalue weighted by Gasteiger charge is -2.17. The molecule has 1 aromatic heterocycles. The molecule has 1 atom stereocenters. The standard InChI is InChI=1S/C15H12Br2N2S/c16-12-4-3-9-5-11(2-1-10(9)6-12)15(19-18)13-7-20-8-14(13)17/h1-8,15,19H,18H2. The molecule has 102 valence electrons. The topological polar surface area (TPSA) is 38.0 Å². The molecule has 0 amide bonds. The van der Waals surface area contributed by atoms with Gasteiger partial charge >= 0.3 is 0 Å². The number of halogens is 2. The maximum Gasteiger partial charge on any atom is 0.0729 e. The van der Waals surface area contributed by atoms with E-state index in [0.717, 1.165) is 20.1 Å². The quantitative estimate of drug-likeness (QED) is 0.471. The van der Waals surface area contributed by atoms with Crippen molar-refractivity contribution in [1.82, 2.24) is 5.43 Å². The first-order valence-electron chi connectivity index (χ1n) is 6.06. The molecule has 3 N–H and O–H groups in total. The molecule has 2 nitrogen and oxygen atoms in total. The van der Waals surface area contributed by atoms with Crippen LogP contribution >= 0.6 is 43.2 Å². The fraction of sp³-hybridized carbons (Fsp3) is 0.0667. The SMILES string of the molecule is NNC(c1ccc2cc(Br)ccc2c1)c1cscc1Br. The first-order chi connectivity index (χ1) is 9.69. The van der Waals surface area contributed by atoms with Gasteiger partial charge in [0.2, 0.25) is 0 Å². The molecule has 1 heterocycles. The molecular formula is C15H12Br2N2S. The third kappa shape index (κ3) is 2.69. The van der Waals surface area contributed by atoms with Gasteiger partial charge in [0.25, 0.3) is 0 Å². The summed E-state index contributed by atoms with van der Waals surface area (Å²) in [4.78, 5) is 0. The van der Waals surface area contributed by atoms with Crippen molar-refractivity contribution in [2.75, 3.05) is 0 Å². The molecule has 2 aromatic carbocycles. The second-order valence-corrected chi connectivity index (χ2v) is 7.04. The summed E-state index contributed by atoms with van der Waals surface area (Å²) < 4.78 is 2.17. The highest BCUT2D eigenvalue weighted by Crippen LogP contribution is 2.32. The third-order valence-corrected chi connectivity index (χ3v) is 5.52. The summed E-state index contributed by atoms with van der Waals surface area (Å²) >= 11 is 8.73. The van der Waals surface area contributed by atoms with Gasteiger partial charge in [-0.15, -0.1) is 0 Å². The van der Waals surface area contributed by atoms with E-state index in [2.05, 4.69) is 84.4 Å². The smallest absolute Gasteiger partial charge is 0.0729 e. The van der Waals surface area contributed by atoms with Crippen LogP contribution < -0.4 is 11.3 Å². The summed E-state index contributed by atoms with van der Waals surface area (Å²) in [5.74, 6) is 5.76. The molecular weight excluding hydrogens is 400 g/mol. The molecule has 1 unspecified atom stereocenters. The van der Waals surface area contributed by atoms with E-state index in [4.69, 9.17) is 5.84 Å². The summed E-state index contributed by atoms with van der Waals surface area (Å²) in [6.45, 7) is 0. The van der Waals surface area contributed by atoms with Crippen LogP contribution in [0.5, 0.6) is 0 Å². The fourth-order valence-corrected chi connectivity index (χ4v) is 4.21. The predicted molar refractivity (Wildman–Crippen MR) is 92.8 cm³/mol. The minimum Gasteiger partial charge on any atom is -0.271 e. The monoisotopic (exact) mass is 410 g/mol. The number of hydrogen-bond donors (Lipinski definition) is 2. The van der Waals surface area contributed by atoms with Crippen LogP contribution in [0, 0.1) is 0 Å². The number of benzene rings is 2. The Morgan fingerprint density at radius 2 is 1.75 bits per heavy atom. The largest absolute Gasteiger partial charge is 0.271 e. The first kappa shape index (κ1) is 14.2. The van der Waals surface area contributed by atoms with Gasteiger partial charge in [-0.3, -0.25) is 5.84 Å². The summed E-state index contributed by atoms with van der Waals surface area (Å²) in [6, 6.07) is 12.7. The highest BCUT2D eigenvalue weighted by Gasteiger charge is 2.16. The third-order valence-electron chi connectivity index (χ3n) is 3.28. The number of nitrogens with one attached hydrogen (secondary N) is 1. The number of rotatable bonds is 3. The van der Waals surface area contributed by atoms with E-state index in [0.29, 0.717) is 0 Å². The minimum atomic E-state index is -0.0105. The van der Waals surface area contributed by atoms with Crippen molar-refractivity contribution in [3.63, 3.8) is 0 Å². The van der Waals surface area contributed by atoms with Gasteiger partial charge in [0.1, 0.15) is 0 Å². The van der Waals surface area contributed by atoms with Crippen LogP contribution in [0.25, 0.3) is 10.8 Å². The van der Waals surface area contributed by atoms with E-state index in [1.165, 1.54) is 10.8 Å². The van der Waals surface area contributed by atoms with Gasteiger partial charge in [-0.1, -0.05) is 34.1 Å². The highest BCUT2D eigenvalue weighted by atomic mass is 79.9. The lowest BCUT2D eigenvalue weighted by atomic mass is 9.98. The van der Waals surface area contributed by atoms with Gasteiger partial charge in [-0.05, 0) is 61.4 Å². The second kappa shape index (κ2) is 5.95. The summed E-state index contributed by atoms with van der Waals surface area (Å²) in [5.41, 5.74) is 5.22. The molecule has 0 aliphatic rings. The van der Waals surface area contributed by atoms with Crippen molar-refractivity contribution in [3.8, 4) is 0 Å². The van der Waals surface area contributed by atoms with E-state index in [-0.39, 0.29) is 6.04 Å². The van der Waals surface area contributed by atoms with E-state index in [1.54, 1.807) is 11.3 Å². The van der Waals surface area contributed by atoms with Crippen LogP contribution in [0.4, 0.5) is 0 Å². The lowest BCUT2D eigenvalue weighted by Crippen LogP contribution is -2.28. The normalized spacial score (nSPS) is 12.8. The molecule has 0 aliphatic carbocycles. The van der Waals surface area contributed by atoms with Crippen molar-refractivity contribution in [2.24, 2.45) is 5.84 Å². The Morgan fingerprint density at radius 1 is 1.00 bits per heavy atom. The zero-order valence-corrected chi connectivity index (χ0v) is 14.4. The number of fused-ring (bicyclic) bond motifs is 1. The van der Waals surface area contributed by atoms with Crippen LogP contribution in [-0.2, 0) is 0 Å². The maximum absolute atomic E-state index is 5.76. The Kier molecular flexibility index (Phi) is 4.23. The Balaban J connectivity index is 2.08. The molecule has 5 heteroatoms. The molecule has 3 aromatic rings. The van der Waals surface area contributed by atoms with E-state index >= 15 is 0 Å². The molecule has 0 saturated heterocycles. The maximum atomic E-state index is 5.76. The molecule has 0 aliphatic heterocycles. The molecule has 0 radical (unpaired) electrons. The van der Waals surface area contributed by atoms with Gasteiger partial charge in [-0.25, -0.2) is 5.43 Å². The predicted octanol–water partition coefficient (Wildman–Crippen LogP) is 4.98. The van der Waals surface area contributed by atoms with Crippen LogP contribution in [0.1, 0.15) is 17.2 Å². The summed E-state index contributed by atoms with van der Waals surface area (Å²) in [7, 11) is 0. The lowest BCUT2D eigenvalue weighted by molar-refractivity contribution is 0.637. The van der Waals surface area contributed by atoms with Gasteiger partial charge < -0.3 is 0 Å². The molecule has 3 rings (SSSR count). The fourth-order valence-electron chi connectivity index (χ4n) is 2.28. The summed E-state index contributed by atoms with van der Waals surface area (Å²) in [5, 5.41) is 6.60. The van der Waals surface area contributed by atoms with Crippen LogP contribution in [0.15, 0.2) is 56.1 Å². The number of hydrogen-bond acceptors (Lipinski definition) is 3. The minimum absolute atomic E-state index is 0.0105. The zero-order valence-electron chi connectivity index (χ0n) is 10.4. The van der Waals surface area contributed by atoms with Crippen LogP contribution in [0.3, 0.4) is 0 Å². The van der Waals surface area contributed by atoms with Crippen molar-refractivity contribution >= 4 is 54.0 Å². The van der Waals surface area contributed by atoms with Crippen molar-refractivity contribution in [2.45, 2.75) is 6.04 Å². The average Bonchev–Trinajstić information content (AvgIpc) is 2.86. The van der Waals surface area contributed by atoms with Gasteiger partial charge in [0.05, 0.1) is 6.04 Å². The Hall–Kier alpha value is -0.720. The van der Waals surface area contributed by atoms with Gasteiger partial charge in [0.15, 0.2) is 0 Å². The first-order valence-corrected chi connectivity index (χ1v) is 8.59. The van der Waals surface area contributed by atoms with Crippen molar-refractivity contribution in [3.05, 3.63) is 67.2 Å². The number of nitrogens with two attached hydrogens (primary N) is 1. The molecule has 0 fully saturated rings. The highest BCUT2D eigenvalue weighted by molar-refractivity contribution is 9.10. The van der Waals surface area contributed by atoms with Gasteiger partial charge in [0, 0.05) is 14.3 Å². The Morgan fingerprint density at radius 3 is 2.45 bits per heavy atom. The van der Waals surface area contributed by atoms with E-state index < -0.39 is 0 Å². The average molecular weight is 412 g/mol. The Bertz CT molecular complexity index is 754. The zero-order chi connectivity index (χ0) is 14.1. The molecule has 0 spiro atoms.